The van der Waals surface area contributed by atoms with Crippen LogP contribution in [0.15, 0.2) is 59.4 Å². The van der Waals surface area contributed by atoms with E-state index in [0.717, 1.165) is 17.0 Å². The quantitative estimate of drug-likeness (QED) is 0.584. The molecule has 1 N–H and O–H groups in total. The second-order valence-corrected chi connectivity index (χ2v) is 6.62. The van der Waals surface area contributed by atoms with Gasteiger partial charge in [-0.2, -0.15) is 4.68 Å². The minimum absolute atomic E-state index is 0.228. The molecule has 2 heterocycles. The van der Waals surface area contributed by atoms with Crippen LogP contribution in [0.25, 0.3) is 22.3 Å². The summed E-state index contributed by atoms with van der Waals surface area (Å²) in [7, 11) is 0. The highest BCUT2D eigenvalue weighted by Gasteiger charge is 2.14. The first-order chi connectivity index (χ1) is 13.0. The van der Waals surface area contributed by atoms with Gasteiger partial charge in [0.05, 0.1) is 10.9 Å². The number of nitrogens with one attached hydrogen (secondary N) is 1. The van der Waals surface area contributed by atoms with Crippen molar-refractivity contribution in [3.8, 4) is 11.4 Å². The van der Waals surface area contributed by atoms with E-state index in [2.05, 4.69) is 20.4 Å². The van der Waals surface area contributed by atoms with Gasteiger partial charge in [-0.15, -0.1) is 0 Å². The number of hydrogen-bond acceptors (Lipinski definition) is 5. The highest BCUT2D eigenvalue weighted by molar-refractivity contribution is 6.30. The molecule has 6 nitrogen and oxygen atoms in total. The van der Waals surface area contributed by atoms with Gasteiger partial charge in [-0.1, -0.05) is 23.7 Å². The lowest BCUT2D eigenvalue weighted by Crippen LogP contribution is -2.30. The fourth-order valence-corrected chi connectivity index (χ4v) is 3.03. The van der Waals surface area contributed by atoms with Crippen molar-refractivity contribution in [3.63, 3.8) is 0 Å². The molecule has 0 saturated carbocycles. The Morgan fingerprint density at radius 1 is 0.926 bits per heavy atom. The molecular weight excluding hydrogens is 362 g/mol. The lowest BCUT2D eigenvalue weighted by molar-refractivity contribution is 0.858. The molecule has 0 aliphatic heterocycles. The summed E-state index contributed by atoms with van der Waals surface area (Å²) in [6.45, 7) is 3.75. The van der Waals surface area contributed by atoms with Gasteiger partial charge in [0.1, 0.15) is 0 Å². The molecule has 4 rings (SSSR count). The molecule has 0 amide bonds. The minimum atomic E-state index is -0.228. The van der Waals surface area contributed by atoms with E-state index in [1.54, 1.807) is 18.2 Å². The van der Waals surface area contributed by atoms with Crippen LogP contribution in [0.2, 0.25) is 5.02 Å². The predicted molar refractivity (Wildman–Crippen MR) is 107 cm³/mol. The van der Waals surface area contributed by atoms with Crippen LogP contribution < -0.4 is 11.0 Å². The third kappa shape index (κ3) is 3.39. The first-order valence-electron chi connectivity index (χ1n) is 8.38. The molecule has 0 unspecified atom stereocenters. The third-order valence-electron chi connectivity index (χ3n) is 4.07. The van der Waals surface area contributed by atoms with E-state index in [-0.39, 0.29) is 5.56 Å². The monoisotopic (exact) mass is 377 g/mol. The molecule has 4 aromatic rings. The molecule has 2 aromatic heterocycles. The summed E-state index contributed by atoms with van der Waals surface area (Å²) in [5.74, 6) is 0.792. The molecular formula is C20H16ClN5O. The number of para-hydroxylation sites is 1. The number of aromatic nitrogens is 4. The molecule has 0 aliphatic carbocycles. The number of hydrogen-bond donors (Lipinski definition) is 1. The summed E-state index contributed by atoms with van der Waals surface area (Å²) < 4.78 is 1.37. The molecule has 0 bridgehead atoms. The van der Waals surface area contributed by atoms with Crippen LogP contribution in [0.3, 0.4) is 0 Å². The number of nitrogens with zero attached hydrogens (tertiary/aromatic N) is 4. The van der Waals surface area contributed by atoms with Gasteiger partial charge >= 0.3 is 0 Å². The molecule has 0 fully saturated rings. The fraction of sp³-hybridized carbons (Fsp3) is 0.100. The summed E-state index contributed by atoms with van der Waals surface area (Å²) in [4.78, 5) is 26.6. The van der Waals surface area contributed by atoms with E-state index in [1.165, 1.54) is 4.68 Å². The van der Waals surface area contributed by atoms with Crippen molar-refractivity contribution in [3.05, 3.63) is 81.4 Å². The van der Waals surface area contributed by atoms with Crippen molar-refractivity contribution in [1.29, 1.82) is 0 Å². The number of aryl methyl sites for hydroxylation is 2. The third-order valence-corrected chi connectivity index (χ3v) is 4.32. The maximum atomic E-state index is 13.1. The first-order valence-corrected chi connectivity index (χ1v) is 8.76. The summed E-state index contributed by atoms with van der Waals surface area (Å²) in [6.07, 6.45) is 0. The predicted octanol–water partition coefficient (Wildman–Crippen LogP) is 4.00. The first kappa shape index (κ1) is 17.2. The molecule has 0 saturated heterocycles. The van der Waals surface area contributed by atoms with Crippen molar-refractivity contribution in [2.45, 2.75) is 13.8 Å². The highest BCUT2D eigenvalue weighted by Crippen LogP contribution is 2.21. The Bertz CT molecular complexity index is 1180. The van der Waals surface area contributed by atoms with Crippen LogP contribution in [0, 0.1) is 13.8 Å². The van der Waals surface area contributed by atoms with Crippen molar-refractivity contribution in [1.82, 2.24) is 19.6 Å². The van der Waals surface area contributed by atoms with E-state index in [0.29, 0.717) is 27.7 Å². The van der Waals surface area contributed by atoms with E-state index in [1.807, 2.05) is 50.2 Å². The van der Waals surface area contributed by atoms with Crippen molar-refractivity contribution >= 4 is 28.5 Å². The Morgan fingerprint density at radius 3 is 2.30 bits per heavy atom. The second-order valence-electron chi connectivity index (χ2n) is 6.19. The zero-order chi connectivity index (χ0) is 19.0. The molecule has 0 spiro atoms. The van der Waals surface area contributed by atoms with Crippen molar-refractivity contribution in [2.75, 3.05) is 5.43 Å². The Hall–Kier alpha value is -3.25. The smallest absolute Gasteiger partial charge is 0.267 e. The Balaban J connectivity index is 1.96. The van der Waals surface area contributed by atoms with Crippen LogP contribution >= 0.6 is 11.6 Å². The molecule has 7 heteroatoms. The van der Waals surface area contributed by atoms with Crippen molar-refractivity contribution < 1.29 is 0 Å². The van der Waals surface area contributed by atoms with E-state index < -0.39 is 0 Å². The molecule has 27 heavy (non-hydrogen) atoms. The lowest BCUT2D eigenvalue weighted by Gasteiger charge is -2.15. The lowest BCUT2D eigenvalue weighted by atomic mass is 10.2. The van der Waals surface area contributed by atoms with Crippen molar-refractivity contribution in [2.24, 2.45) is 0 Å². The Kier molecular flexibility index (Phi) is 4.33. The normalized spacial score (nSPS) is 10.9. The van der Waals surface area contributed by atoms with Crippen LogP contribution in [-0.2, 0) is 0 Å². The number of benzene rings is 2. The summed E-state index contributed by atoms with van der Waals surface area (Å²) in [5.41, 5.74) is 5.76. The van der Waals surface area contributed by atoms with E-state index in [4.69, 9.17) is 11.6 Å². The van der Waals surface area contributed by atoms with Gasteiger partial charge in [-0.25, -0.2) is 15.0 Å². The topological polar surface area (TPSA) is 72.7 Å². The van der Waals surface area contributed by atoms with Crippen LogP contribution in [0.1, 0.15) is 11.4 Å². The Labute approximate surface area is 160 Å². The van der Waals surface area contributed by atoms with Gasteiger partial charge in [0.2, 0.25) is 5.95 Å². The second kappa shape index (κ2) is 6.81. The SMILES string of the molecule is Cc1cc(C)nc(Nn2c(-c3ccc(Cl)cc3)nc3ccccc3c2=O)n1. The summed E-state index contributed by atoms with van der Waals surface area (Å²) >= 11 is 6.01. The average molecular weight is 378 g/mol. The minimum Gasteiger partial charge on any atom is -0.267 e. The summed E-state index contributed by atoms with van der Waals surface area (Å²) in [5, 5.41) is 1.12. The summed E-state index contributed by atoms with van der Waals surface area (Å²) in [6, 6.07) is 16.2. The molecule has 0 radical (unpaired) electrons. The van der Waals surface area contributed by atoms with Gasteiger partial charge in [-0.3, -0.25) is 10.2 Å². The molecule has 2 aromatic carbocycles. The highest BCUT2D eigenvalue weighted by atomic mass is 35.5. The zero-order valence-electron chi connectivity index (χ0n) is 14.8. The van der Waals surface area contributed by atoms with Crippen LogP contribution in [0.4, 0.5) is 5.95 Å². The number of rotatable bonds is 3. The fourth-order valence-electron chi connectivity index (χ4n) is 2.90. The van der Waals surface area contributed by atoms with Gasteiger partial charge < -0.3 is 0 Å². The maximum absolute atomic E-state index is 13.1. The zero-order valence-corrected chi connectivity index (χ0v) is 15.5. The number of halogens is 1. The van der Waals surface area contributed by atoms with Crippen LogP contribution in [0.5, 0.6) is 0 Å². The number of fused-ring (bicyclic) bond motifs is 1. The van der Waals surface area contributed by atoms with E-state index >= 15 is 0 Å². The van der Waals surface area contributed by atoms with Gasteiger partial charge in [0.15, 0.2) is 5.82 Å². The standard InChI is InChI=1S/C20H16ClN5O/c1-12-11-13(2)23-20(22-12)25-26-18(14-7-9-15(21)10-8-14)24-17-6-4-3-5-16(17)19(26)27/h3-11H,1-2H3,(H,22,23,25). The van der Waals surface area contributed by atoms with Gasteiger partial charge in [-0.05, 0) is 56.3 Å². The van der Waals surface area contributed by atoms with E-state index in [9.17, 15) is 4.79 Å². The van der Waals surface area contributed by atoms with Gasteiger partial charge in [0.25, 0.3) is 5.56 Å². The maximum Gasteiger partial charge on any atom is 0.280 e. The Morgan fingerprint density at radius 2 is 1.59 bits per heavy atom. The molecule has 134 valence electrons. The van der Waals surface area contributed by atoms with Crippen LogP contribution in [-0.4, -0.2) is 19.6 Å². The largest absolute Gasteiger partial charge is 0.280 e. The molecule has 0 atom stereocenters. The number of anilines is 1. The average Bonchev–Trinajstić information content (AvgIpc) is 2.64. The van der Waals surface area contributed by atoms with Gasteiger partial charge in [0, 0.05) is 22.0 Å². The molecule has 0 aliphatic rings.